The summed E-state index contributed by atoms with van der Waals surface area (Å²) in [6.07, 6.45) is 9.47. The van der Waals surface area contributed by atoms with Gasteiger partial charge in [0.15, 0.2) is 0 Å². The molecule has 1 unspecified atom stereocenters. The summed E-state index contributed by atoms with van der Waals surface area (Å²) in [7, 11) is 0. The van der Waals surface area contributed by atoms with Gasteiger partial charge in [-0.2, -0.15) is 0 Å². The molecule has 0 aromatic carbocycles. The lowest BCUT2D eigenvalue weighted by Crippen LogP contribution is -2.40. The van der Waals surface area contributed by atoms with Gasteiger partial charge in [0.05, 0.1) is 0 Å². The van der Waals surface area contributed by atoms with Crippen molar-refractivity contribution in [2.24, 2.45) is 10.8 Å². The molecule has 114 valence electrons. The van der Waals surface area contributed by atoms with E-state index in [2.05, 4.69) is 38.3 Å². The number of hydrogen-bond donors (Lipinski definition) is 2. The van der Waals surface area contributed by atoms with E-state index >= 15 is 0 Å². The van der Waals surface area contributed by atoms with Gasteiger partial charge in [-0.15, -0.1) is 0 Å². The van der Waals surface area contributed by atoms with Gasteiger partial charge in [0, 0.05) is 19.6 Å². The molecule has 1 heterocycles. The van der Waals surface area contributed by atoms with Gasteiger partial charge >= 0.3 is 0 Å². The van der Waals surface area contributed by atoms with Crippen molar-refractivity contribution >= 4 is 0 Å². The summed E-state index contributed by atoms with van der Waals surface area (Å²) in [6.45, 7) is 14.2. The highest BCUT2D eigenvalue weighted by atomic mass is 15.0. The van der Waals surface area contributed by atoms with Crippen molar-refractivity contribution in [1.29, 1.82) is 0 Å². The van der Waals surface area contributed by atoms with Gasteiger partial charge in [-0.05, 0) is 36.6 Å². The lowest BCUT2D eigenvalue weighted by molar-refractivity contribution is 0.240. The molecule has 1 aliphatic heterocycles. The fraction of sp³-hybridized carbons (Fsp3) is 1.00. The Labute approximate surface area is 121 Å². The van der Waals surface area contributed by atoms with E-state index < -0.39 is 0 Å². The fourth-order valence-corrected chi connectivity index (χ4v) is 3.39. The van der Waals surface area contributed by atoms with Crippen LogP contribution in [0.3, 0.4) is 0 Å². The molecule has 0 spiro atoms. The second-order valence-corrected chi connectivity index (χ2v) is 7.40. The molecule has 0 saturated carbocycles. The maximum absolute atomic E-state index is 3.78. The highest BCUT2D eigenvalue weighted by Gasteiger charge is 2.32. The average molecular weight is 268 g/mol. The summed E-state index contributed by atoms with van der Waals surface area (Å²) in [5, 5.41) is 7.33. The third-order valence-electron chi connectivity index (χ3n) is 4.67. The monoisotopic (exact) mass is 268 g/mol. The SMILES string of the molecule is CCCCCC(C)(C)CNCC1(CCC)CCNC1. The second-order valence-electron chi connectivity index (χ2n) is 7.40. The largest absolute Gasteiger partial charge is 0.316 e. The van der Waals surface area contributed by atoms with Crippen molar-refractivity contribution in [2.75, 3.05) is 26.2 Å². The van der Waals surface area contributed by atoms with Crippen LogP contribution in [0.2, 0.25) is 0 Å². The van der Waals surface area contributed by atoms with E-state index in [1.54, 1.807) is 0 Å². The Balaban J connectivity index is 2.27. The van der Waals surface area contributed by atoms with Crippen LogP contribution >= 0.6 is 0 Å². The van der Waals surface area contributed by atoms with Crippen LogP contribution in [0.5, 0.6) is 0 Å². The van der Waals surface area contributed by atoms with E-state index in [1.165, 1.54) is 71.1 Å². The first-order chi connectivity index (χ1) is 9.04. The topological polar surface area (TPSA) is 24.1 Å². The molecule has 2 nitrogen and oxygen atoms in total. The Bertz CT molecular complexity index is 229. The van der Waals surface area contributed by atoms with Crippen molar-refractivity contribution in [1.82, 2.24) is 10.6 Å². The smallest absolute Gasteiger partial charge is 0.00207 e. The summed E-state index contributed by atoms with van der Waals surface area (Å²) in [5.74, 6) is 0. The van der Waals surface area contributed by atoms with Crippen LogP contribution in [0.1, 0.15) is 72.6 Å². The Morgan fingerprint density at radius 1 is 1.16 bits per heavy atom. The minimum atomic E-state index is 0.453. The molecule has 1 rings (SSSR count). The van der Waals surface area contributed by atoms with Crippen LogP contribution in [-0.4, -0.2) is 26.2 Å². The summed E-state index contributed by atoms with van der Waals surface area (Å²) in [4.78, 5) is 0. The second kappa shape index (κ2) is 8.26. The Morgan fingerprint density at radius 3 is 2.53 bits per heavy atom. The Morgan fingerprint density at radius 2 is 1.95 bits per heavy atom. The predicted molar refractivity (Wildman–Crippen MR) is 85.6 cm³/mol. The van der Waals surface area contributed by atoms with Crippen molar-refractivity contribution in [3.05, 3.63) is 0 Å². The van der Waals surface area contributed by atoms with E-state index in [-0.39, 0.29) is 0 Å². The van der Waals surface area contributed by atoms with Crippen molar-refractivity contribution in [2.45, 2.75) is 72.6 Å². The third-order valence-corrected chi connectivity index (χ3v) is 4.67. The van der Waals surface area contributed by atoms with Gasteiger partial charge in [-0.1, -0.05) is 53.4 Å². The molecule has 0 aliphatic carbocycles. The molecule has 0 bridgehead atoms. The molecule has 0 aromatic heterocycles. The van der Waals surface area contributed by atoms with E-state index in [1.807, 2.05) is 0 Å². The zero-order valence-corrected chi connectivity index (χ0v) is 13.8. The van der Waals surface area contributed by atoms with Gasteiger partial charge < -0.3 is 10.6 Å². The summed E-state index contributed by atoms with van der Waals surface area (Å²) in [6, 6.07) is 0. The zero-order valence-electron chi connectivity index (χ0n) is 13.8. The van der Waals surface area contributed by atoms with Crippen LogP contribution < -0.4 is 10.6 Å². The normalized spacial score (nSPS) is 24.0. The third kappa shape index (κ3) is 6.27. The lowest BCUT2D eigenvalue weighted by atomic mass is 9.81. The van der Waals surface area contributed by atoms with Crippen molar-refractivity contribution in [3.63, 3.8) is 0 Å². The van der Waals surface area contributed by atoms with Gasteiger partial charge in [-0.3, -0.25) is 0 Å². The van der Waals surface area contributed by atoms with E-state index in [0.29, 0.717) is 10.8 Å². The van der Waals surface area contributed by atoms with Crippen LogP contribution in [0.15, 0.2) is 0 Å². The standard InChI is InChI=1S/C17H36N2/c1-5-7-8-10-16(3,4)13-19-15-17(9-6-2)11-12-18-14-17/h18-19H,5-15H2,1-4H3. The molecule has 0 amide bonds. The number of unbranched alkanes of at least 4 members (excludes halogenated alkanes) is 2. The summed E-state index contributed by atoms with van der Waals surface area (Å²) >= 11 is 0. The average Bonchev–Trinajstić information content (AvgIpc) is 2.78. The molecular weight excluding hydrogens is 232 g/mol. The Kier molecular flexibility index (Phi) is 7.38. The van der Waals surface area contributed by atoms with Crippen molar-refractivity contribution in [3.8, 4) is 0 Å². The van der Waals surface area contributed by atoms with Crippen molar-refractivity contribution < 1.29 is 0 Å². The molecule has 19 heavy (non-hydrogen) atoms. The van der Waals surface area contributed by atoms with E-state index in [4.69, 9.17) is 0 Å². The van der Waals surface area contributed by atoms with Gasteiger partial charge in [0.2, 0.25) is 0 Å². The maximum atomic E-state index is 3.78. The van der Waals surface area contributed by atoms with Crippen LogP contribution in [0, 0.1) is 10.8 Å². The first kappa shape index (κ1) is 17.0. The number of nitrogens with one attached hydrogen (secondary N) is 2. The minimum Gasteiger partial charge on any atom is -0.316 e. The molecule has 0 aromatic rings. The maximum Gasteiger partial charge on any atom is 0.00207 e. The molecule has 2 heteroatoms. The zero-order chi connectivity index (χ0) is 14.2. The number of hydrogen-bond acceptors (Lipinski definition) is 2. The van der Waals surface area contributed by atoms with Gasteiger partial charge in [0.25, 0.3) is 0 Å². The first-order valence-corrected chi connectivity index (χ1v) is 8.45. The van der Waals surface area contributed by atoms with Crippen LogP contribution in [0.25, 0.3) is 0 Å². The summed E-state index contributed by atoms with van der Waals surface area (Å²) < 4.78 is 0. The Hall–Kier alpha value is -0.0800. The van der Waals surface area contributed by atoms with Crippen LogP contribution in [-0.2, 0) is 0 Å². The van der Waals surface area contributed by atoms with Gasteiger partial charge in [0.1, 0.15) is 0 Å². The lowest BCUT2D eigenvalue weighted by Gasteiger charge is -2.31. The van der Waals surface area contributed by atoms with E-state index in [9.17, 15) is 0 Å². The van der Waals surface area contributed by atoms with E-state index in [0.717, 1.165) is 0 Å². The molecule has 0 radical (unpaired) electrons. The highest BCUT2D eigenvalue weighted by Crippen LogP contribution is 2.31. The molecule has 1 aliphatic rings. The molecule has 1 fully saturated rings. The predicted octanol–water partition coefficient (Wildman–Crippen LogP) is 3.96. The molecular formula is C17H36N2. The number of rotatable bonds is 10. The fourth-order valence-electron chi connectivity index (χ4n) is 3.39. The molecule has 1 saturated heterocycles. The molecule has 2 N–H and O–H groups in total. The van der Waals surface area contributed by atoms with Gasteiger partial charge in [-0.25, -0.2) is 0 Å². The highest BCUT2D eigenvalue weighted by molar-refractivity contribution is 4.90. The minimum absolute atomic E-state index is 0.453. The quantitative estimate of drug-likeness (QED) is 0.586. The molecule has 1 atom stereocenters. The van der Waals surface area contributed by atoms with Crippen LogP contribution in [0.4, 0.5) is 0 Å². The summed E-state index contributed by atoms with van der Waals surface area (Å²) in [5.41, 5.74) is 0.989. The first-order valence-electron chi connectivity index (χ1n) is 8.45.